The highest BCUT2D eigenvalue weighted by molar-refractivity contribution is 9.10. The lowest BCUT2D eigenvalue weighted by Crippen LogP contribution is -2.30. The number of rotatable bonds is 3. The Bertz CT molecular complexity index is 599. The fourth-order valence-corrected chi connectivity index (χ4v) is 1.98. The Labute approximate surface area is 120 Å². The van der Waals surface area contributed by atoms with Gasteiger partial charge in [0.05, 0.1) is 5.69 Å². The second-order valence-corrected chi connectivity index (χ2v) is 5.89. The molecule has 0 spiro atoms. The second-order valence-electron chi connectivity index (χ2n) is 4.98. The van der Waals surface area contributed by atoms with Gasteiger partial charge in [0.2, 0.25) is 0 Å². The molecule has 0 aliphatic carbocycles. The molecule has 0 atom stereocenters. The number of nitrogens with zero attached hydrogens (tertiary/aromatic N) is 2. The quantitative estimate of drug-likeness (QED) is 0.943. The molecule has 0 unspecified atom stereocenters. The number of hydrogen-bond donors (Lipinski definition) is 1. The summed E-state index contributed by atoms with van der Waals surface area (Å²) in [5.74, 6) is 0.310. The Hall–Kier alpha value is -1.33. The monoisotopic (exact) mass is 323 g/mol. The van der Waals surface area contributed by atoms with Crippen molar-refractivity contribution in [3.63, 3.8) is 0 Å². The third-order valence-electron chi connectivity index (χ3n) is 2.98. The van der Waals surface area contributed by atoms with Crippen LogP contribution in [0.4, 0.5) is 4.39 Å². The molecule has 0 aliphatic rings. The lowest BCUT2D eigenvalue weighted by Gasteiger charge is -2.20. The molecule has 0 saturated carbocycles. The van der Waals surface area contributed by atoms with Crippen LogP contribution in [0.2, 0.25) is 0 Å². The summed E-state index contributed by atoms with van der Waals surface area (Å²) in [4.78, 5) is 8.67. The van der Waals surface area contributed by atoms with E-state index in [1.807, 2.05) is 13.8 Å². The van der Waals surface area contributed by atoms with Gasteiger partial charge in [-0.2, -0.15) is 0 Å². The molecule has 19 heavy (non-hydrogen) atoms. The fourth-order valence-electron chi connectivity index (χ4n) is 1.62. The second kappa shape index (κ2) is 5.35. The van der Waals surface area contributed by atoms with E-state index in [-0.39, 0.29) is 11.2 Å². The molecule has 2 aromatic rings. The zero-order valence-corrected chi connectivity index (χ0v) is 12.4. The predicted molar refractivity (Wildman–Crippen MR) is 77.2 cm³/mol. The van der Waals surface area contributed by atoms with E-state index >= 15 is 0 Å². The van der Waals surface area contributed by atoms with Gasteiger partial charge in [0.1, 0.15) is 11.6 Å². The van der Waals surface area contributed by atoms with Gasteiger partial charge in [0.15, 0.2) is 0 Å². The van der Waals surface area contributed by atoms with Crippen molar-refractivity contribution >= 4 is 15.9 Å². The van der Waals surface area contributed by atoms with Crippen LogP contribution in [0.5, 0.6) is 0 Å². The molecule has 0 saturated heterocycles. The summed E-state index contributed by atoms with van der Waals surface area (Å²) >= 11 is 3.34. The highest BCUT2D eigenvalue weighted by Crippen LogP contribution is 2.26. The topological polar surface area (TPSA) is 51.8 Å². The molecule has 0 radical (unpaired) electrons. The van der Waals surface area contributed by atoms with Crippen molar-refractivity contribution in [3.8, 4) is 11.3 Å². The number of nitrogens with two attached hydrogens (primary N) is 1. The van der Waals surface area contributed by atoms with Gasteiger partial charge < -0.3 is 5.73 Å². The number of halogens is 2. The van der Waals surface area contributed by atoms with Crippen LogP contribution in [-0.4, -0.2) is 16.5 Å². The molecule has 100 valence electrons. The molecule has 1 aromatic carbocycles. The van der Waals surface area contributed by atoms with E-state index in [2.05, 4.69) is 25.9 Å². The van der Waals surface area contributed by atoms with Crippen LogP contribution in [0, 0.1) is 5.82 Å². The van der Waals surface area contributed by atoms with Gasteiger partial charge in [0, 0.05) is 28.2 Å². The first-order valence-corrected chi connectivity index (χ1v) is 6.72. The highest BCUT2D eigenvalue weighted by atomic mass is 79.9. The third-order valence-corrected chi connectivity index (χ3v) is 3.47. The van der Waals surface area contributed by atoms with Crippen LogP contribution >= 0.6 is 15.9 Å². The summed E-state index contributed by atoms with van der Waals surface area (Å²) in [5, 5.41) is 0. The van der Waals surface area contributed by atoms with Gasteiger partial charge >= 0.3 is 0 Å². The largest absolute Gasteiger partial charge is 0.329 e. The Balaban J connectivity index is 2.52. The van der Waals surface area contributed by atoms with Gasteiger partial charge in [0.25, 0.3) is 0 Å². The lowest BCUT2D eigenvalue weighted by atomic mass is 9.92. The molecule has 0 fully saturated rings. The molecule has 5 heteroatoms. The maximum atomic E-state index is 13.9. The minimum absolute atomic E-state index is 0.307. The smallest absolute Gasteiger partial charge is 0.135 e. The Morgan fingerprint density at radius 1 is 1.32 bits per heavy atom. The molecule has 0 amide bonds. The minimum Gasteiger partial charge on any atom is -0.329 e. The maximum Gasteiger partial charge on any atom is 0.135 e. The van der Waals surface area contributed by atoms with E-state index in [9.17, 15) is 4.39 Å². The molecule has 2 N–H and O–H groups in total. The molecule has 1 aromatic heterocycles. The van der Waals surface area contributed by atoms with Crippen molar-refractivity contribution in [1.29, 1.82) is 0 Å². The standard InChI is InChI=1S/C14H15BrFN3/c1-14(2,8-17)13-18-6-5-12(19-13)10-7-9(15)3-4-11(10)16/h3-7H,8,17H2,1-2H3. The predicted octanol–water partition coefficient (Wildman–Crippen LogP) is 3.28. The van der Waals surface area contributed by atoms with Crippen molar-refractivity contribution in [2.75, 3.05) is 6.54 Å². The first kappa shape index (κ1) is 14.1. The number of hydrogen-bond acceptors (Lipinski definition) is 3. The van der Waals surface area contributed by atoms with Crippen LogP contribution in [0.25, 0.3) is 11.3 Å². The summed E-state index contributed by atoms with van der Waals surface area (Å²) < 4.78 is 14.7. The summed E-state index contributed by atoms with van der Waals surface area (Å²) in [7, 11) is 0. The Kier molecular flexibility index (Phi) is 3.96. The molecule has 0 bridgehead atoms. The zero-order valence-electron chi connectivity index (χ0n) is 10.8. The van der Waals surface area contributed by atoms with Crippen LogP contribution in [0.1, 0.15) is 19.7 Å². The Morgan fingerprint density at radius 3 is 2.74 bits per heavy atom. The molecule has 1 heterocycles. The van der Waals surface area contributed by atoms with Crippen LogP contribution in [-0.2, 0) is 5.41 Å². The van der Waals surface area contributed by atoms with E-state index in [4.69, 9.17) is 5.73 Å². The molecular formula is C14H15BrFN3. The van der Waals surface area contributed by atoms with Crippen molar-refractivity contribution in [2.45, 2.75) is 19.3 Å². The van der Waals surface area contributed by atoms with Crippen molar-refractivity contribution in [1.82, 2.24) is 9.97 Å². The van der Waals surface area contributed by atoms with Crippen molar-refractivity contribution in [3.05, 3.63) is 46.6 Å². The van der Waals surface area contributed by atoms with E-state index in [0.29, 0.717) is 23.6 Å². The average Bonchev–Trinajstić information content (AvgIpc) is 2.41. The van der Waals surface area contributed by atoms with Crippen LogP contribution in [0.3, 0.4) is 0 Å². The third kappa shape index (κ3) is 2.98. The average molecular weight is 324 g/mol. The molecule has 3 nitrogen and oxygen atoms in total. The summed E-state index contributed by atoms with van der Waals surface area (Å²) in [6, 6.07) is 6.47. The minimum atomic E-state index is -0.335. The SMILES string of the molecule is CC(C)(CN)c1nccc(-c2cc(Br)ccc2F)n1. The molecule has 0 aliphatic heterocycles. The molecule has 2 rings (SSSR count). The van der Waals surface area contributed by atoms with E-state index in [0.717, 1.165) is 4.47 Å². The maximum absolute atomic E-state index is 13.9. The van der Waals surface area contributed by atoms with Gasteiger partial charge in [-0.05, 0) is 24.3 Å². The van der Waals surface area contributed by atoms with E-state index < -0.39 is 0 Å². The summed E-state index contributed by atoms with van der Waals surface area (Å²) in [6.45, 7) is 4.35. The first-order valence-electron chi connectivity index (χ1n) is 5.93. The van der Waals surface area contributed by atoms with Crippen LogP contribution < -0.4 is 5.73 Å². The fraction of sp³-hybridized carbons (Fsp3) is 0.286. The normalized spacial score (nSPS) is 11.6. The zero-order chi connectivity index (χ0) is 14.0. The first-order chi connectivity index (χ1) is 8.94. The van der Waals surface area contributed by atoms with Crippen molar-refractivity contribution < 1.29 is 4.39 Å². The Morgan fingerprint density at radius 2 is 2.05 bits per heavy atom. The van der Waals surface area contributed by atoms with Gasteiger partial charge in [-0.15, -0.1) is 0 Å². The number of benzene rings is 1. The van der Waals surface area contributed by atoms with Crippen molar-refractivity contribution in [2.24, 2.45) is 5.73 Å². The van der Waals surface area contributed by atoms with Gasteiger partial charge in [-0.1, -0.05) is 29.8 Å². The van der Waals surface area contributed by atoms with E-state index in [1.165, 1.54) is 6.07 Å². The van der Waals surface area contributed by atoms with Gasteiger partial charge in [-0.25, -0.2) is 14.4 Å². The summed E-state index contributed by atoms with van der Waals surface area (Å²) in [5.41, 5.74) is 6.40. The highest BCUT2D eigenvalue weighted by Gasteiger charge is 2.22. The lowest BCUT2D eigenvalue weighted by molar-refractivity contribution is 0.502. The molecular weight excluding hydrogens is 309 g/mol. The number of aromatic nitrogens is 2. The van der Waals surface area contributed by atoms with E-state index in [1.54, 1.807) is 24.4 Å². The van der Waals surface area contributed by atoms with Crippen LogP contribution in [0.15, 0.2) is 34.9 Å². The van der Waals surface area contributed by atoms with Gasteiger partial charge in [-0.3, -0.25) is 0 Å². The summed E-state index contributed by atoms with van der Waals surface area (Å²) in [6.07, 6.45) is 1.63.